The van der Waals surface area contributed by atoms with Crippen LogP contribution >= 0.6 is 22.9 Å². The number of nitrogens with zero attached hydrogens (tertiary/aromatic N) is 1. The molecule has 0 spiro atoms. The third-order valence-electron chi connectivity index (χ3n) is 6.68. The lowest BCUT2D eigenvalue weighted by molar-refractivity contribution is 0.0963. The van der Waals surface area contributed by atoms with Gasteiger partial charge in [-0.2, -0.15) is 0 Å². The normalized spacial score (nSPS) is 13.8. The topological polar surface area (TPSA) is 63.2 Å². The fraction of sp³-hybridized carbons (Fsp3) is 0.267. The van der Waals surface area contributed by atoms with Gasteiger partial charge in [0, 0.05) is 35.3 Å². The zero-order valence-electron chi connectivity index (χ0n) is 20.8. The Balaban J connectivity index is 1.50. The highest BCUT2D eigenvalue weighted by molar-refractivity contribution is 7.18. The Kier molecular flexibility index (Phi) is 8.07. The van der Waals surface area contributed by atoms with Gasteiger partial charge in [0.2, 0.25) is 0 Å². The first-order valence-corrected chi connectivity index (χ1v) is 13.9. The van der Waals surface area contributed by atoms with Crippen molar-refractivity contribution in [2.24, 2.45) is 0 Å². The molecular weight excluding hydrogens is 502 g/mol. The molecule has 1 aliphatic rings. The first-order chi connectivity index (χ1) is 18.1. The fourth-order valence-electron chi connectivity index (χ4n) is 4.71. The summed E-state index contributed by atoms with van der Waals surface area (Å²) >= 11 is 8.51. The first-order valence-electron chi connectivity index (χ1n) is 12.7. The van der Waals surface area contributed by atoms with Crippen molar-refractivity contribution in [3.05, 3.63) is 89.1 Å². The maximum atomic E-state index is 12.1. The lowest BCUT2D eigenvalue weighted by atomic mass is 9.95. The van der Waals surface area contributed by atoms with Crippen LogP contribution in [0.1, 0.15) is 48.0 Å². The Morgan fingerprint density at radius 2 is 1.78 bits per heavy atom. The van der Waals surface area contributed by atoms with E-state index in [4.69, 9.17) is 16.3 Å². The quantitative estimate of drug-likeness (QED) is 0.243. The van der Waals surface area contributed by atoms with E-state index in [1.165, 1.54) is 43.4 Å². The molecule has 0 bridgehead atoms. The molecule has 0 saturated heterocycles. The minimum absolute atomic E-state index is 0.123. The average molecular weight is 532 g/mol. The van der Waals surface area contributed by atoms with Crippen molar-refractivity contribution < 1.29 is 9.53 Å². The van der Waals surface area contributed by atoms with Crippen LogP contribution in [-0.4, -0.2) is 24.0 Å². The number of thiophene rings is 1. The molecule has 2 N–H and O–H groups in total. The molecule has 2 aromatic carbocycles. The van der Waals surface area contributed by atoms with E-state index in [-0.39, 0.29) is 5.91 Å². The standard InChI is InChI=1S/C30H30ClN3O2S/c1-32-29(35)22-14-12-21(13-15-22)26-27(31)30(36-19-20-8-4-2-5-9-20)37-28(26)23-16-17-33-25(18-23)34-24-10-6-3-7-11-24/h2,4-5,8-9,12-18,24H,3,6-7,10-11,19H2,1H3,(H,32,35)(H,33,34). The molecular formula is C30H30ClN3O2S. The molecule has 1 fully saturated rings. The van der Waals surface area contributed by atoms with E-state index >= 15 is 0 Å². The number of hydrogen-bond acceptors (Lipinski definition) is 5. The Morgan fingerprint density at radius 3 is 2.51 bits per heavy atom. The Morgan fingerprint density at radius 1 is 1.03 bits per heavy atom. The van der Waals surface area contributed by atoms with Crippen molar-refractivity contribution in [1.82, 2.24) is 10.3 Å². The van der Waals surface area contributed by atoms with Crippen molar-refractivity contribution in [2.45, 2.75) is 44.8 Å². The second-order valence-electron chi connectivity index (χ2n) is 9.25. The second kappa shape index (κ2) is 11.8. The van der Waals surface area contributed by atoms with Crippen LogP contribution in [0.3, 0.4) is 0 Å². The molecule has 37 heavy (non-hydrogen) atoms. The lowest BCUT2D eigenvalue weighted by Crippen LogP contribution is -2.22. The fourth-order valence-corrected chi connectivity index (χ4v) is 6.20. The summed E-state index contributed by atoms with van der Waals surface area (Å²) < 4.78 is 6.21. The van der Waals surface area contributed by atoms with E-state index < -0.39 is 0 Å². The number of ether oxygens (including phenoxy) is 1. The molecule has 1 amide bonds. The molecule has 2 heterocycles. The number of amides is 1. The van der Waals surface area contributed by atoms with Crippen LogP contribution in [0.5, 0.6) is 5.06 Å². The second-order valence-corrected chi connectivity index (χ2v) is 10.6. The minimum Gasteiger partial charge on any atom is -0.478 e. The van der Waals surface area contributed by atoms with Crippen LogP contribution < -0.4 is 15.4 Å². The predicted molar refractivity (Wildman–Crippen MR) is 153 cm³/mol. The number of benzene rings is 2. The molecule has 0 atom stereocenters. The van der Waals surface area contributed by atoms with Crippen LogP contribution in [-0.2, 0) is 6.61 Å². The molecule has 5 nitrogen and oxygen atoms in total. The van der Waals surface area contributed by atoms with Crippen LogP contribution in [0, 0.1) is 0 Å². The molecule has 190 valence electrons. The molecule has 1 aliphatic carbocycles. The van der Waals surface area contributed by atoms with Crippen molar-refractivity contribution in [2.75, 3.05) is 12.4 Å². The summed E-state index contributed by atoms with van der Waals surface area (Å²) in [5.41, 5.74) is 4.53. The number of anilines is 1. The van der Waals surface area contributed by atoms with Gasteiger partial charge < -0.3 is 15.4 Å². The summed E-state index contributed by atoms with van der Waals surface area (Å²) in [5, 5.41) is 7.54. The van der Waals surface area contributed by atoms with Gasteiger partial charge in [-0.1, -0.05) is 84.7 Å². The number of halogens is 1. The Hall–Kier alpha value is -3.35. The molecule has 0 radical (unpaired) electrons. The number of carbonyl (C=O) groups excluding carboxylic acids is 1. The van der Waals surface area contributed by atoms with Crippen molar-refractivity contribution in [3.8, 4) is 26.6 Å². The number of hydrogen-bond donors (Lipinski definition) is 2. The van der Waals surface area contributed by atoms with Gasteiger partial charge in [-0.25, -0.2) is 4.98 Å². The number of nitrogens with one attached hydrogen (secondary N) is 2. The van der Waals surface area contributed by atoms with E-state index in [0.717, 1.165) is 32.9 Å². The van der Waals surface area contributed by atoms with Gasteiger partial charge >= 0.3 is 0 Å². The van der Waals surface area contributed by atoms with E-state index in [0.29, 0.717) is 28.3 Å². The minimum atomic E-state index is -0.123. The highest BCUT2D eigenvalue weighted by Gasteiger charge is 2.22. The van der Waals surface area contributed by atoms with Crippen LogP contribution in [0.25, 0.3) is 21.6 Å². The van der Waals surface area contributed by atoms with Crippen molar-refractivity contribution in [3.63, 3.8) is 0 Å². The van der Waals surface area contributed by atoms with E-state index in [1.807, 2.05) is 66.9 Å². The Bertz CT molecular complexity index is 1350. The summed E-state index contributed by atoms with van der Waals surface area (Å²) in [6, 6.07) is 22.1. The monoisotopic (exact) mass is 531 g/mol. The summed E-state index contributed by atoms with van der Waals surface area (Å²) in [6.07, 6.45) is 8.03. The van der Waals surface area contributed by atoms with Crippen molar-refractivity contribution >= 4 is 34.7 Å². The Labute approximate surface area is 226 Å². The molecule has 7 heteroatoms. The summed E-state index contributed by atoms with van der Waals surface area (Å²) in [5.74, 6) is 0.754. The first kappa shape index (κ1) is 25.3. The summed E-state index contributed by atoms with van der Waals surface area (Å²) in [7, 11) is 1.63. The molecule has 0 unspecified atom stereocenters. The number of pyridine rings is 1. The zero-order valence-corrected chi connectivity index (χ0v) is 22.4. The van der Waals surface area contributed by atoms with Crippen LogP contribution in [0.2, 0.25) is 5.02 Å². The van der Waals surface area contributed by atoms with E-state index in [1.54, 1.807) is 7.05 Å². The largest absolute Gasteiger partial charge is 0.478 e. The highest BCUT2D eigenvalue weighted by atomic mass is 35.5. The summed E-state index contributed by atoms with van der Waals surface area (Å²) in [4.78, 5) is 17.7. The van der Waals surface area contributed by atoms with Crippen LogP contribution in [0.15, 0.2) is 72.9 Å². The maximum Gasteiger partial charge on any atom is 0.251 e. The highest BCUT2D eigenvalue weighted by Crippen LogP contribution is 2.50. The van der Waals surface area contributed by atoms with Gasteiger partial charge in [0.05, 0.1) is 0 Å². The smallest absolute Gasteiger partial charge is 0.251 e. The van der Waals surface area contributed by atoms with E-state index in [9.17, 15) is 4.79 Å². The average Bonchev–Trinajstić information content (AvgIpc) is 3.28. The van der Waals surface area contributed by atoms with Gasteiger partial charge in [0.1, 0.15) is 17.4 Å². The van der Waals surface area contributed by atoms with Gasteiger partial charge in [-0.15, -0.1) is 0 Å². The van der Waals surface area contributed by atoms with Gasteiger partial charge in [-0.3, -0.25) is 4.79 Å². The van der Waals surface area contributed by atoms with Gasteiger partial charge in [-0.05, 0) is 53.8 Å². The van der Waals surface area contributed by atoms with Crippen LogP contribution in [0.4, 0.5) is 5.82 Å². The third kappa shape index (κ3) is 5.97. The SMILES string of the molecule is CNC(=O)c1ccc(-c2c(-c3ccnc(NC4CCCCC4)c3)sc(OCc3ccccc3)c2Cl)cc1. The zero-order chi connectivity index (χ0) is 25.6. The van der Waals surface area contributed by atoms with Gasteiger partial charge in [0.25, 0.3) is 5.91 Å². The molecule has 1 saturated carbocycles. The molecule has 5 rings (SSSR count). The summed E-state index contributed by atoms with van der Waals surface area (Å²) in [6.45, 7) is 0.431. The molecule has 2 aromatic heterocycles. The molecule has 0 aliphatic heterocycles. The number of aromatic nitrogens is 1. The maximum absolute atomic E-state index is 12.1. The third-order valence-corrected chi connectivity index (χ3v) is 8.30. The number of rotatable bonds is 8. The molecule has 4 aromatic rings. The van der Waals surface area contributed by atoms with E-state index in [2.05, 4.69) is 21.7 Å². The predicted octanol–water partition coefficient (Wildman–Crippen LogP) is 7.81. The lowest BCUT2D eigenvalue weighted by Gasteiger charge is -2.23. The van der Waals surface area contributed by atoms with Gasteiger partial charge in [0.15, 0.2) is 5.06 Å². The van der Waals surface area contributed by atoms with Crippen molar-refractivity contribution in [1.29, 1.82) is 0 Å². The number of carbonyl (C=O) groups is 1.